The van der Waals surface area contributed by atoms with Gasteiger partial charge in [0, 0.05) is 12.1 Å². The summed E-state index contributed by atoms with van der Waals surface area (Å²) in [4.78, 5) is 13.7. The molecule has 0 atom stereocenters. The van der Waals surface area contributed by atoms with Crippen molar-refractivity contribution in [2.75, 3.05) is 0 Å². The normalized spacial score (nSPS) is 11.9. The van der Waals surface area contributed by atoms with Gasteiger partial charge in [0.25, 0.3) is 0 Å². The molecule has 0 fully saturated rings. The Hall–Kier alpha value is -1.49. The molecular formula is C13H18N2O3S. The zero-order valence-corrected chi connectivity index (χ0v) is 12.3. The van der Waals surface area contributed by atoms with E-state index in [4.69, 9.17) is 0 Å². The van der Waals surface area contributed by atoms with Gasteiger partial charge in [-0.25, -0.2) is 13.2 Å². The van der Waals surface area contributed by atoms with E-state index in [0.717, 1.165) is 0 Å². The fourth-order valence-corrected chi connectivity index (χ4v) is 3.85. The Kier molecular flexibility index (Phi) is 5.00. The lowest BCUT2D eigenvalue weighted by Gasteiger charge is -2.29. The highest BCUT2D eigenvalue weighted by atomic mass is 32.2. The van der Waals surface area contributed by atoms with Gasteiger partial charge >= 0.3 is 0 Å². The third-order valence-corrected chi connectivity index (χ3v) is 4.87. The Balaban J connectivity index is 3.22. The second-order valence-corrected chi connectivity index (χ2v) is 6.56. The Labute approximate surface area is 114 Å². The molecule has 0 radical (unpaired) electrons. The number of carbonyl (C=O) groups excluding carboxylic acids is 1. The van der Waals surface area contributed by atoms with E-state index in [-0.39, 0.29) is 17.0 Å². The van der Waals surface area contributed by atoms with E-state index in [2.05, 4.69) is 4.99 Å². The molecule has 19 heavy (non-hydrogen) atoms. The van der Waals surface area contributed by atoms with Crippen LogP contribution in [-0.2, 0) is 14.8 Å². The van der Waals surface area contributed by atoms with Crippen molar-refractivity contribution in [1.82, 2.24) is 4.31 Å². The molecule has 0 bridgehead atoms. The largest absolute Gasteiger partial charge is 0.243 e. The van der Waals surface area contributed by atoms with Gasteiger partial charge in [0.15, 0.2) is 0 Å². The van der Waals surface area contributed by atoms with Gasteiger partial charge in [0.05, 0.1) is 10.6 Å². The first-order valence-electron chi connectivity index (χ1n) is 6.02. The Bertz CT molecular complexity index is 562. The number of aliphatic imine (C=N–C) groups is 1. The zero-order chi connectivity index (χ0) is 14.6. The van der Waals surface area contributed by atoms with Crippen molar-refractivity contribution < 1.29 is 13.2 Å². The van der Waals surface area contributed by atoms with Gasteiger partial charge in [-0.15, -0.1) is 0 Å². The van der Waals surface area contributed by atoms with Crippen LogP contribution in [0.25, 0.3) is 0 Å². The van der Waals surface area contributed by atoms with Crippen molar-refractivity contribution in [2.24, 2.45) is 4.99 Å². The molecular weight excluding hydrogens is 264 g/mol. The molecule has 1 rings (SSSR count). The summed E-state index contributed by atoms with van der Waals surface area (Å²) < 4.78 is 26.5. The summed E-state index contributed by atoms with van der Waals surface area (Å²) in [5.74, 6) is 0. The van der Waals surface area contributed by atoms with E-state index in [1.165, 1.54) is 34.7 Å². The van der Waals surface area contributed by atoms with E-state index in [1.54, 1.807) is 0 Å². The number of benzene rings is 1. The smallest absolute Gasteiger partial charge is 0.211 e. The summed E-state index contributed by atoms with van der Waals surface area (Å²) in [5, 5.41) is 0. The molecule has 5 nitrogen and oxygen atoms in total. The topological polar surface area (TPSA) is 66.8 Å². The maximum Gasteiger partial charge on any atom is 0.243 e. The molecule has 0 N–H and O–H groups in total. The first-order chi connectivity index (χ1) is 8.80. The molecule has 0 aliphatic carbocycles. The minimum Gasteiger partial charge on any atom is -0.211 e. The summed E-state index contributed by atoms with van der Waals surface area (Å²) >= 11 is 0. The second-order valence-electron chi connectivity index (χ2n) is 4.72. The van der Waals surface area contributed by atoms with Gasteiger partial charge in [0.2, 0.25) is 16.1 Å². The predicted molar refractivity (Wildman–Crippen MR) is 73.5 cm³/mol. The first-order valence-corrected chi connectivity index (χ1v) is 7.46. The number of isocyanates is 1. The molecule has 104 valence electrons. The monoisotopic (exact) mass is 282 g/mol. The van der Waals surface area contributed by atoms with Crippen LogP contribution < -0.4 is 0 Å². The van der Waals surface area contributed by atoms with Crippen LogP contribution >= 0.6 is 0 Å². The van der Waals surface area contributed by atoms with Crippen molar-refractivity contribution in [1.29, 1.82) is 0 Å². The van der Waals surface area contributed by atoms with E-state index in [9.17, 15) is 13.2 Å². The van der Waals surface area contributed by atoms with Gasteiger partial charge in [-0.05, 0) is 52.0 Å². The van der Waals surface area contributed by atoms with E-state index in [1.807, 2.05) is 27.7 Å². The summed E-state index contributed by atoms with van der Waals surface area (Å²) in [6, 6.07) is 5.61. The molecule has 0 aliphatic rings. The molecule has 0 saturated carbocycles. The summed E-state index contributed by atoms with van der Waals surface area (Å²) in [6.45, 7) is 7.34. The highest BCUT2D eigenvalue weighted by Gasteiger charge is 2.29. The summed E-state index contributed by atoms with van der Waals surface area (Å²) in [5.41, 5.74) is 0.384. The highest BCUT2D eigenvalue weighted by molar-refractivity contribution is 7.89. The number of rotatable bonds is 5. The average molecular weight is 282 g/mol. The SMILES string of the molecule is CC(C)N(C(C)C)S(=O)(=O)c1ccc(N=C=O)cc1. The van der Waals surface area contributed by atoms with Gasteiger partial charge in [-0.2, -0.15) is 9.30 Å². The molecule has 0 saturated heterocycles. The first kappa shape index (κ1) is 15.6. The second kappa shape index (κ2) is 6.10. The van der Waals surface area contributed by atoms with Gasteiger partial charge in [-0.1, -0.05) is 0 Å². The maximum atomic E-state index is 12.5. The van der Waals surface area contributed by atoms with Crippen LogP contribution in [-0.4, -0.2) is 30.9 Å². The summed E-state index contributed by atoms with van der Waals surface area (Å²) in [6.07, 6.45) is 1.42. The molecule has 6 heteroatoms. The Morgan fingerprint density at radius 3 is 1.89 bits per heavy atom. The molecule has 0 spiro atoms. The van der Waals surface area contributed by atoms with Crippen molar-refractivity contribution >= 4 is 21.8 Å². The Morgan fingerprint density at radius 1 is 1.05 bits per heavy atom. The van der Waals surface area contributed by atoms with Crippen LogP contribution in [0.1, 0.15) is 27.7 Å². The number of hydrogen-bond donors (Lipinski definition) is 0. The van der Waals surface area contributed by atoms with Crippen LogP contribution in [0.15, 0.2) is 34.2 Å². The van der Waals surface area contributed by atoms with Crippen LogP contribution in [0.2, 0.25) is 0 Å². The molecule has 0 aliphatic heterocycles. The van der Waals surface area contributed by atoms with Crippen LogP contribution in [0.4, 0.5) is 5.69 Å². The van der Waals surface area contributed by atoms with Gasteiger partial charge in [-0.3, -0.25) is 0 Å². The quantitative estimate of drug-likeness (QED) is 0.615. The maximum absolute atomic E-state index is 12.5. The van der Waals surface area contributed by atoms with Crippen molar-refractivity contribution in [3.63, 3.8) is 0 Å². The molecule has 1 aromatic rings. The molecule has 0 aromatic heterocycles. The van der Waals surface area contributed by atoms with E-state index >= 15 is 0 Å². The molecule has 1 aromatic carbocycles. The minimum atomic E-state index is -3.54. The minimum absolute atomic E-state index is 0.127. The summed E-state index contributed by atoms with van der Waals surface area (Å²) in [7, 11) is -3.54. The lowest BCUT2D eigenvalue weighted by Crippen LogP contribution is -2.41. The molecule has 0 unspecified atom stereocenters. The van der Waals surface area contributed by atoms with Gasteiger partial charge < -0.3 is 0 Å². The van der Waals surface area contributed by atoms with Crippen molar-refractivity contribution in [3.05, 3.63) is 24.3 Å². The van der Waals surface area contributed by atoms with Crippen LogP contribution in [0.5, 0.6) is 0 Å². The van der Waals surface area contributed by atoms with Crippen LogP contribution in [0, 0.1) is 0 Å². The third-order valence-electron chi connectivity index (χ3n) is 2.60. The molecule has 0 amide bonds. The standard InChI is InChI=1S/C13H18N2O3S/c1-10(2)15(11(3)4)19(17,18)13-7-5-12(6-8-13)14-9-16/h5-8,10-11H,1-4H3. The fraction of sp³-hybridized carbons (Fsp3) is 0.462. The number of nitrogens with zero attached hydrogens (tertiary/aromatic N) is 2. The van der Waals surface area contributed by atoms with Gasteiger partial charge in [0.1, 0.15) is 0 Å². The lowest BCUT2D eigenvalue weighted by molar-refractivity contribution is 0.302. The predicted octanol–water partition coefficient (Wildman–Crippen LogP) is 2.46. The van der Waals surface area contributed by atoms with E-state index in [0.29, 0.717) is 5.69 Å². The molecule has 0 heterocycles. The van der Waals surface area contributed by atoms with Crippen LogP contribution in [0.3, 0.4) is 0 Å². The van der Waals surface area contributed by atoms with E-state index < -0.39 is 10.0 Å². The van der Waals surface area contributed by atoms with Crippen molar-refractivity contribution in [2.45, 2.75) is 44.7 Å². The third kappa shape index (κ3) is 3.50. The lowest BCUT2D eigenvalue weighted by atomic mass is 10.3. The fourth-order valence-electron chi connectivity index (χ4n) is 2.02. The average Bonchev–Trinajstić information content (AvgIpc) is 2.28. The highest BCUT2D eigenvalue weighted by Crippen LogP contribution is 2.23. The zero-order valence-electron chi connectivity index (χ0n) is 11.5. The van der Waals surface area contributed by atoms with Crippen molar-refractivity contribution in [3.8, 4) is 0 Å². The number of hydrogen-bond acceptors (Lipinski definition) is 4. The Morgan fingerprint density at radius 2 is 1.53 bits per heavy atom. The number of sulfonamides is 1.